The van der Waals surface area contributed by atoms with Gasteiger partial charge >= 0.3 is 0 Å². The van der Waals surface area contributed by atoms with Crippen LogP contribution in [0.25, 0.3) is 0 Å². The summed E-state index contributed by atoms with van der Waals surface area (Å²) in [5, 5.41) is 6.30. The van der Waals surface area contributed by atoms with Gasteiger partial charge in [-0.2, -0.15) is 0 Å². The van der Waals surface area contributed by atoms with Crippen molar-refractivity contribution in [2.75, 3.05) is 5.32 Å². The Labute approximate surface area is 133 Å². The molecule has 3 nitrogen and oxygen atoms in total. The van der Waals surface area contributed by atoms with Crippen molar-refractivity contribution in [3.8, 4) is 0 Å². The van der Waals surface area contributed by atoms with E-state index in [2.05, 4.69) is 51.7 Å². The van der Waals surface area contributed by atoms with Crippen molar-refractivity contribution in [3.63, 3.8) is 0 Å². The van der Waals surface area contributed by atoms with Crippen molar-refractivity contribution in [1.82, 2.24) is 5.32 Å². The van der Waals surface area contributed by atoms with Crippen LogP contribution >= 0.6 is 15.9 Å². The zero-order valence-electron chi connectivity index (χ0n) is 12.2. The van der Waals surface area contributed by atoms with Gasteiger partial charge in [-0.1, -0.05) is 40.2 Å². The molecule has 0 aliphatic heterocycles. The van der Waals surface area contributed by atoms with Crippen LogP contribution < -0.4 is 10.6 Å². The van der Waals surface area contributed by atoms with E-state index >= 15 is 0 Å². The summed E-state index contributed by atoms with van der Waals surface area (Å²) in [6, 6.07) is 16.4. The highest BCUT2D eigenvalue weighted by Crippen LogP contribution is 2.18. The maximum absolute atomic E-state index is 11.1. The van der Waals surface area contributed by atoms with E-state index in [1.807, 2.05) is 30.3 Å². The van der Waals surface area contributed by atoms with Gasteiger partial charge in [-0.15, -0.1) is 0 Å². The highest BCUT2D eigenvalue weighted by atomic mass is 79.9. The minimum atomic E-state index is -0.0538. The molecule has 0 saturated heterocycles. The second-order valence-electron chi connectivity index (χ2n) is 5.04. The molecular weight excluding hydrogens is 328 g/mol. The predicted molar refractivity (Wildman–Crippen MR) is 90.1 cm³/mol. The van der Waals surface area contributed by atoms with Crippen LogP contribution in [0, 0.1) is 0 Å². The second kappa shape index (κ2) is 7.38. The fourth-order valence-corrected chi connectivity index (χ4v) is 2.57. The average molecular weight is 347 g/mol. The van der Waals surface area contributed by atoms with Crippen molar-refractivity contribution in [1.29, 1.82) is 0 Å². The van der Waals surface area contributed by atoms with Gasteiger partial charge in [-0.05, 0) is 42.3 Å². The Bertz CT molecular complexity index is 628. The molecule has 2 rings (SSSR count). The third-order valence-corrected chi connectivity index (χ3v) is 3.70. The monoisotopic (exact) mass is 346 g/mol. The van der Waals surface area contributed by atoms with Crippen LogP contribution in [0.2, 0.25) is 0 Å². The Morgan fingerprint density at radius 1 is 1.19 bits per heavy atom. The molecule has 21 heavy (non-hydrogen) atoms. The molecule has 2 aromatic rings. The Kier molecular flexibility index (Phi) is 5.53. The summed E-state index contributed by atoms with van der Waals surface area (Å²) >= 11 is 3.48. The predicted octanol–water partition coefficient (Wildman–Crippen LogP) is 4.26. The van der Waals surface area contributed by atoms with Crippen molar-refractivity contribution in [2.45, 2.75) is 26.4 Å². The number of carbonyl (C=O) groups is 1. The molecule has 4 heteroatoms. The van der Waals surface area contributed by atoms with Crippen LogP contribution in [-0.2, 0) is 11.3 Å². The van der Waals surface area contributed by atoms with Gasteiger partial charge in [0.25, 0.3) is 0 Å². The molecular formula is C17H19BrN2O. The topological polar surface area (TPSA) is 41.1 Å². The molecule has 110 valence electrons. The number of nitrogens with one attached hydrogen (secondary N) is 2. The van der Waals surface area contributed by atoms with Crippen LogP contribution in [-0.4, -0.2) is 5.91 Å². The fraction of sp³-hybridized carbons (Fsp3) is 0.235. The third kappa shape index (κ3) is 4.99. The molecule has 0 aromatic heterocycles. The summed E-state index contributed by atoms with van der Waals surface area (Å²) in [4.78, 5) is 11.1. The van der Waals surface area contributed by atoms with Gasteiger partial charge in [0.15, 0.2) is 0 Å². The lowest BCUT2D eigenvalue weighted by Gasteiger charge is -2.15. The number of rotatable bonds is 5. The van der Waals surface area contributed by atoms with E-state index in [4.69, 9.17) is 0 Å². The van der Waals surface area contributed by atoms with Crippen molar-refractivity contribution >= 4 is 27.5 Å². The van der Waals surface area contributed by atoms with E-state index in [1.54, 1.807) is 0 Å². The van der Waals surface area contributed by atoms with Gasteiger partial charge in [0.1, 0.15) is 0 Å². The molecule has 0 aliphatic carbocycles. The first-order valence-corrected chi connectivity index (χ1v) is 7.69. The number of halogens is 1. The number of amides is 1. The zero-order chi connectivity index (χ0) is 15.2. The van der Waals surface area contributed by atoms with Crippen LogP contribution in [0.15, 0.2) is 53.0 Å². The standard InChI is InChI=1S/C17H19BrN2O/c1-12(19-11-14-5-3-7-16(18)9-14)15-6-4-8-17(10-15)20-13(2)21/h3-10,12,19H,11H2,1-2H3,(H,20,21)/t12-/m1/s1. The summed E-state index contributed by atoms with van der Waals surface area (Å²) in [6.45, 7) is 4.43. The highest BCUT2D eigenvalue weighted by Gasteiger charge is 2.06. The average Bonchev–Trinajstić information content (AvgIpc) is 2.44. The molecule has 0 radical (unpaired) electrons. The normalized spacial score (nSPS) is 12.0. The summed E-state index contributed by atoms with van der Waals surface area (Å²) in [5.74, 6) is -0.0538. The van der Waals surface area contributed by atoms with E-state index in [-0.39, 0.29) is 11.9 Å². The first kappa shape index (κ1) is 15.7. The molecule has 1 amide bonds. The molecule has 0 saturated carbocycles. The van der Waals surface area contributed by atoms with E-state index < -0.39 is 0 Å². The van der Waals surface area contributed by atoms with Gasteiger partial charge < -0.3 is 10.6 Å². The summed E-state index contributed by atoms with van der Waals surface area (Å²) in [6.07, 6.45) is 0. The highest BCUT2D eigenvalue weighted by molar-refractivity contribution is 9.10. The maximum atomic E-state index is 11.1. The first-order valence-electron chi connectivity index (χ1n) is 6.90. The van der Waals surface area contributed by atoms with Gasteiger partial charge in [0, 0.05) is 29.7 Å². The van der Waals surface area contributed by atoms with Crippen LogP contribution in [0.3, 0.4) is 0 Å². The van der Waals surface area contributed by atoms with E-state index in [0.717, 1.165) is 22.3 Å². The number of hydrogen-bond acceptors (Lipinski definition) is 2. The number of anilines is 1. The number of hydrogen-bond donors (Lipinski definition) is 2. The Morgan fingerprint density at radius 3 is 2.67 bits per heavy atom. The third-order valence-electron chi connectivity index (χ3n) is 3.21. The zero-order valence-corrected chi connectivity index (χ0v) is 13.8. The molecule has 2 aromatic carbocycles. The second-order valence-corrected chi connectivity index (χ2v) is 5.95. The molecule has 0 aliphatic rings. The molecule has 0 unspecified atom stereocenters. The summed E-state index contributed by atoms with van der Waals surface area (Å²) < 4.78 is 1.09. The minimum Gasteiger partial charge on any atom is -0.326 e. The van der Waals surface area contributed by atoms with Crippen LogP contribution in [0.1, 0.15) is 31.0 Å². The lowest BCUT2D eigenvalue weighted by molar-refractivity contribution is -0.114. The Morgan fingerprint density at radius 2 is 1.95 bits per heavy atom. The van der Waals surface area contributed by atoms with Gasteiger partial charge in [0.05, 0.1) is 0 Å². The fourth-order valence-electron chi connectivity index (χ4n) is 2.12. The Balaban J connectivity index is 1.99. The van der Waals surface area contributed by atoms with Crippen LogP contribution in [0.5, 0.6) is 0 Å². The van der Waals surface area contributed by atoms with Crippen molar-refractivity contribution in [2.24, 2.45) is 0 Å². The SMILES string of the molecule is CC(=O)Nc1cccc([C@@H](C)NCc2cccc(Br)c2)c1. The number of benzene rings is 2. The Hall–Kier alpha value is -1.65. The summed E-state index contributed by atoms with van der Waals surface area (Å²) in [5.41, 5.74) is 3.21. The molecule has 0 bridgehead atoms. The van der Waals surface area contributed by atoms with Crippen LogP contribution in [0.4, 0.5) is 5.69 Å². The smallest absolute Gasteiger partial charge is 0.221 e. The lowest BCUT2D eigenvalue weighted by Crippen LogP contribution is -2.18. The maximum Gasteiger partial charge on any atom is 0.221 e. The molecule has 0 heterocycles. The summed E-state index contributed by atoms with van der Waals surface area (Å²) in [7, 11) is 0. The molecule has 1 atom stereocenters. The van der Waals surface area contributed by atoms with Gasteiger partial charge in [-0.3, -0.25) is 4.79 Å². The van der Waals surface area contributed by atoms with Gasteiger partial charge in [-0.25, -0.2) is 0 Å². The largest absolute Gasteiger partial charge is 0.326 e. The molecule has 0 fully saturated rings. The minimum absolute atomic E-state index is 0.0538. The molecule has 2 N–H and O–H groups in total. The first-order chi connectivity index (χ1) is 10.0. The van der Waals surface area contributed by atoms with E-state index in [1.165, 1.54) is 12.5 Å². The van der Waals surface area contributed by atoms with Crippen molar-refractivity contribution in [3.05, 3.63) is 64.1 Å². The van der Waals surface area contributed by atoms with Gasteiger partial charge in [0.2, 0.25) is 5.91 Å². The quantitative estimate of drug-likeness (QED) is 0.849. The van der Waals surface area contributed by atoms with Crippen molar-refractivity contribution < 1.29 is 4.79 Å². The number of carbonyl (C=O) groups excluding carboxylic acids is 1. The van der Waals surface area contributed by atoms with E-state index in [9.17, 15) is 4.79 Å². The van der Waals surface area contributed by atoms with E-state index in [0.29, 0.717) is 0 Å². The molecule has 0 spiro atoms. The lowest BCUT2D eigenvalue weighted by atomic mass is 10.1.